The standard InChI is InChI=1S/C12H9BrClNO4S2/c1-6-4-7(13)9(5-8(6)14)15-21(18,19)10-2-3-20-11(10)12(16)17/h2-5,15H,1H3,(H,16,17). The highest BCUT2D eigenvalue weighted by molar-refractivity contribution is 9.10. The highest BCUT2D eigenvalue weighted by Crippen LogP contribution is 2.32. The van der Waals surface area contributed by atoms with Gasteiger partial charge in [-0.3, -0.25) is 4.72 Å². The Balaban J connectivity index is 2.45. The molecule has 0 aliphatic rings. The normalized spacial score (nSPS) is 11.4. The van der Waals surface area contributed by atoms with Crippen molar-refractivity contribution in [2.45, 2.75) is 11.8 Å². The Bertz CT molecular complexity index is 817. The van der Waals surface area contributed by atoms with Gasteiger partial charge in [-0.2, -0.15) is 0 Å². The Hall–Kier alpha value is -1.09. The molecular weight excluding hydrogens is 402 g/mol. The number of carboxylic acid groups (broad SMARTS) is 1. The zero-order valence-electron chi connectivity index (χ0n) is 10.6. The number of carbonyl (C=O) groups is 1. The van der Waals surface area contributed by atoms with E-state index in [1.165, 1.54) is 17.5 Å². The molecule has 0 amide bonds. The van der Waals surface area contributed by atoms with Crippen molar-refractivity contribution in [2.75, 3.05) is 4.72 Å². The van der Waals surface area contributed by atoms with Gasteiger partial charge in [-0.05, 0) is 52.0 Å². The molecule has 5 nitrogen and oxygen atoms in total. The first-order valence-electron chi connectivity index (χ1n) is 5.51. The van der Waals surface area contributed by atoms with Gasteiger partial charge in [0.05, 0.1) is 5.69 Å². The van der Waals surface area contributed by atoms with E-state index in [9.17, 15) is 13.2 Å². The summed E-state index contributed by atoms with van der Waals surface area (Å²) in [5.74, 6) is -1.29. The van der Waals surface area contributed by atoms with Crippen molar-refractivity contribution in [3.8, 4) is 0 Å². The molecule has 1 aromatic carbocycles. The van der Waals surface area contributed by atoms with Gasteiger partial charge in [-0.25, -0.2) is 13.2 Å². The Morgan fingerprint density at radius 3 is 2.71 bits per heavy atom. The van der Waals surface area contributed by atoms with Gasteiger partial charge in [0.2, 0.25) is 0 Å². The van der Waals surface area contributed by atoms with Crippen LogP contribution in [0.4, 0.5) is 5.69 Å². The average Bonchev–Trinajstić information content (AvgIpc) is 2.85. The molecule has 21 heavy (non-hydrogen) atoms. The van der Waals surface area contributed by atoms with Gasteiger partial charge in [-0.15, -0.1) is 11.3 Å². The van der Waals surface area contributed by atoms with Crippen LogP contribution >= 0.6 is 38.9 Å². The van der Waals surface area contributed by atoms with Crippen LogP contribution in [0.2, 0.25) is 5.02 Å². The molecule has 1 aromatic heterocycles. The monoisotopic (exact) mass is 409 g/mol. The number of anilines is 1. The number of rotatable bonds is 4. The van der Waals surface area contributed by atoms with Gasteiger partial charge >= 0.3 is 5.97 Å². The van der Waals surface area contributed by atoms with Crippen molar-refractivity contribution in [3.05, 3.63) is 43.5 Å². The van der Waals surface area contributed by atoms with E-state index in [2.05, 4.69) is 20.7 Å². The van der Waals surface area contributed by atoms with Gasteiger partial charge in [-0.1, -0.05) is 11.6 Å². The smallest absolute Gasteiger partial charge is 0.347 e. The van der Waals surface area contributed by atoms with Gasteiger partial charge in [0, 0.05) is 9.50 Å². The van der Waals surface area contributed by atoms with Crippen LogP contribution in [0.3, 0.4) is 0 Å². The molecule has 2 rings (SSSR count). The molecule has 0 aliphatic heterocycles. The van der Waals surface area contributed by atoms with Crippen LogP contribution in [0.5, 0.6) is 0 Å². The Labute approximate surface area is 138 Å². The van der Waals surface area contributed by atoms with Crippen molar-refractivity contribution in [2.24, 2.45) is 0 Å². The number of carboxylic acids is 1. The van der Waals surface area contributed by atoms with Crippen LogP contribution in [-0.2, 0) is 10.0 Å². The second-order valence-corrected chi connectivity index (χ2v) is 7.93. The molecule has 0 unspecified atom stereocenters. The van der Waals surface area contributed by atoms with E-state index in [-0.39, 0.29) is 15.5 Å². The molecule has 0 saturated carbocycles. The highest BCUT2D eigenvalue weighted by atomic mass is 79.9. The predicted octanol–water partition coefficient (Wildman–Crippen LogP) is 3.97. The predicted molar refractivity (Wildman–Crippen MR) is 86.0 cm³/mol. The summed E-state index contributed by atoms with van der Waals surface area (Å²) in [4.78, 5) is 10.5. The van der Waals surface area contributed by atoms with E-state index in [0.29, 0.717) is 9.50 Å². The number of thiophene rings is 1. The molecule has 2 aromatic rings. The summed E-state index contributed by atoms with van der Waals surface area (Å²) in [7, 11) is -4.01. The lowest BCUT2D eigenvalue weighted by atomic mass is 10.2. The number of aromatic carboxylic acids is 1. The maximum atomic E-state index is 12.3. The fourth-order valence-corrected chi connectivity index (χ4v) is 4.77. The second-order valence-electron chi connectivity index (χ2n) is 4.11. The van der Waals surface area contributed by atoms with Crippen LogP contribution < -0.4 is 4.72 Å². The number of halogens is 2. The maximum absolute atomic E-state index is 12.3. The molecule has 0 spiro atoms. The molecular formula is C12H9BrClNO4S2. The molecule has 2 N–H and O–H groups in total. The van der Waals surface area contributed by atoms with E-state index in [4.69, 9.17) is 16.7 Å². The molecule has 0 atom stereocenters. The number of hydrogen-bond acceptors (Lipinski definition) is 4. The fraction of sp³-hybridized carbons (Fsp3) is 0.0833. The van der Waals surface area contributed by atoms with E-state index in [1.54, 1.807) is 13.0 Å². The summed E-state index contributed by atoms with van der Waals surface area (Å²) in [6.45, 7) is 1.78. The van der Waals surface area contributed by atoms with Crippen molar-refractivity contribution < 1.29 is 18.3 Å². The summed E-state index contributed by atoms with van der Waals surface area (Å²) in [5, 5.41) is 10.8. The topological polar surface area (TPSA) is 83.5 Å². The number of aryl methyl sites for hydroxylation is 1. The van der Waals surface area contributed by atoms with Gasteiger partial charge in [0.15, 0.2) is 0 Å². The first-order chi connectivity index (χ1) is 9.72. The Kier molecular flexibility index (Phi) is 4.62. The van der Waals surface area contributed by atoms with Crippen LogP contribution in [-0.4, -0.2) is 19.5 Å². The molecule has 9 heteroatoms. The number of hydrogen-bond donors (Lipinski definition) is 2. The summed E-state index contributed by atoms with van der Waals surface area (Å²) in [5.41, 5.74) is 1.03. The lowest BCUT2D eigenvalue weighted by molar-refractivity contribution is 0.0698. The summed E-state index contributed by atoms with van der Waals surface area (Å²) in [6.07, 6.45) is 0. The SMILES string of the molecule is Cc1cc(Br)c(NS(=O)(=O)c2ccsc2C(=O)O)cc1Cl. The zero-order chi connectivity index (χ0) is 15.8. The Morgan fingerprint density at radius 2 is 2.10 bits per heavy atom. The Morgan fingerprint density at radius 1 is 1.43 bits per heavy atom. The minimum absolute atomic E-state index is 0.239. The minimum atomic E-state index is -4.01. The van der Waals surface area contributed by atoms with Gasteiger partial charge in [0.25, 0.3) is 10.0 Å². The molecule has 0 aliphatic carbocycles. The van der Waals surface area contributed by atoms with E-state index < -0.39 is 16.0 Å². The minimum Gasteiger partial charge on any atom is -0.477 e. The lowest BCUT2D eigenvalue weighted by Gasteiger charge is -2.11. The summed E-state index contributed by atoms with van der Waals surface area (Å²) < 4.78 is 27.5. The highest BCUT2D eigenvalue weighted by Gasteiger charge is 2.24. The lowest BCUT2D eigenvalue weighted by Crippen LogP contribution is -2.15. The zero-order valence-corrected chi connectivity index (χ0v) is 14.5. The maximum Gasteiger partial charge on any atom is 0.347 e. The third-order valence-electron chi connectivity index (χ3n) is 2.61. The van der Waals surface area contributed by atoms with Crippen molar-refractivity contribution in [1.82, 2.24) is 0 Å². The second kappa shape index (κ2) is 5.96. The van der Waals surface area contributed by atoms with Crippen molar-refractivity contribution in [1.29, 1.82) is 0 Å². The number of nitrogens with one attached hydrogen (secondary N) is 1. The molecule has 1 heterocycles. The first-order valence-corrected chi connectivity index (χ1v) is 9.05. The number of benzene rings is 1. The van der Waals surface area contributed by atoms with Crippen molar-refractivity contribution >= 4 is 60.5 Å². The molecule has 0 fully saturated rings. The molecule has 0 radical (unpaired) electrons. The number of sulfonamides is 1. The fourth-order valence-electron chi connectivity index (χ4n) is 1.59. The quantitative estimate of drug-likeness (QED) is 0.799. The van der Waals surface area contributed by atoms with Crippen LogP contribution in [0.25, 0.3) is 0 Å². The third kappa shape index (κ3) is 3.39. The van der Waals surface area contributed by atoms with Crippen LogP contribution in [0, 0.1) is 6.92 Å². The van der Waals surface area contributed by atoms with Crippen LogP contribution in [0.15, 0.2) is 32.9 Å². The third-order valence-corrected chi connectivity index (χ3v) is 6.11. The van der Waals surface area contributed by atoms with Crippen molar-refractivity contribution in [3.63, 3.8) is 0 Å². The first kappa shape index (κ1) is 16.3. The summed E-state index contributed by atoms with van der Waals surface area (Å²) >= 11 is 10.1. The largest absolute Gasteiger partial charge is 0.477 e. The van der Waals surface area contributed by atoms with Gasteiger partial charge in [0.1, 0.15) is 9.77 Å². The summed E-state index contributed by atoms with van der Waals surface area (Å²) in [6, 6.07) is 4.39. The van der Waals surface area contributed by atoms with E-state index >= 15 is 0 Å². The van der Waals surface area contributed by atoms with Crippen LogP contribution in [0.1, 0.15) is 15.2 Å². The van der Waals surface area contributed by atoms with Gasteiger partial charge < -0.3 is 5.11 Å². The average molecular weight is 411 g/mol. The van der Waals surface area contributed by atoms with E-state index in [1.807, 2.05) is 0 Å². The van der Waals surface area contributed by atoms with E-state index in [0.717, 1.165) is 16.9 Å². The molecule has 0 saturated heterocycles. The molecule has 112 valence electrons. The molecule has 0 bridgehead atoms.